The summed E-state index contributed by atoms with van der Waals surface area (Å²) in [5, 5.41) is 6.36. The molecule has 0 bridgehead atoms. The van der Waals surface area contributed by atoms with Crippen LogP contribution in [0, 0.1) is 0 Å². The first-order valence-electron chi connectivity index (χ1n) is 14.4. The van der Waals surface area contributed by atoms with Crippen LogP contribution in [0.4, 0.5) is 11.4 Å². The lowest BCUT2D eigenvalue weighted by Crippen LogP contribution is -2.48. The number of benzene rings is 2. The van der Waals surface area contributed by atoms with Crippen molar-refractivity contribution in [3.8, 4) is 11.3 Å². The lowest BCUT2D eigenvalue weighted by atomic mass is 9.99. The van der Waals surface area contributed by atoms with E-state index in [1.807, 2.05) is 53.6 Å². The lowest BCUT2D eigenvalue weighted by molar-refractivity contribution is 0.0590. The Bertz CT molecular complexity index is 1560. The fourth-order valence-electron chi connectivity index (χ4n) is 6.49. The molecule has 8 nitrogen and oxygen atoms in total. The number of piperidine rings is 2. The van der Waals surface area contributed by atoms with Gasteiger partial charge in [-0.05, 0) is 98.4 Å². The molecule has 0 aliphatic carbocycles. The van der Waals surface area contributed by atoms with Gasteiger partial charge in [-0.25, -0.2) is 4.98 Å². The van der Waals surface area contributed by atoms with Gasteiger partial charge in [-0.3, -0.25) is 14.0 Å². The number of amides is 2. The van der Waals surface area contributed by atoms with E-state index in [1.165, 1.54) is 32.4 Å². The van der Waals surface area contributed by atoms with Crippen molar-refractivity contribution in [2.75, 3.05) is 31.5 Å². The Kier molecular flexibility index (Phi) is 6.48. The molecule has 2 amide bonds. The van der Waals surface area contributed by atoms with Crippen molar-refractivity contribution < 1.29 is 9.59 Å². The summed E-state index contributed by atoms with van der Waals surface area (Å²) in [5.41, 5.74) is 7.12. The number of aromatic nitrogens is 2. The summed E-state index contributed by atoms with van der Waals surface area (Å²) in [4.78, 5) is 34.4. The Morgan fingerprint density at radius 3 is 2.52 bits per heavy atom. The standard InChI is InChI=1S/C32H34N6O2/c39-31-27-9-6-23(20-24(27)21-34-31)29-11-10-28(30-33-14-19-38(29)30)35-25-7-4-22(5-8-25)32(40)37-17-12-26(13-18-37)36-15-2-1-3-16-36/h4-11,14,19-20,26,35H,1-3,12-13,15-18,21H2,(H,34,39). The molecule has 0 radical (unpaired) electrons. The molecule has 3 aliphatic rings. The zero-order chi connectivity index (χ0) is 27.1. The van der Waals surface area contributed by atoms with Crippen molar-refractivity contribution in [1.82, 2.24) is 24.5 Å². The van der Waals surface area contributed by atoms with E-state index in [-0.39, 0.29) is 11.8 Å². The van der Waals surface area contributed by atoms with Gasteiger partial charge in [0, 0.05) is 54.9 Å². The highest BCUT2D eigenvalue weighted by Gasteiger charge is 2.28. The van der Waals surface area contributed by atoms with Crippen LogP contribution in [0.1, 0.15) is 58.4 Å². The van der Waals surface area contributed by atoms with Crippen molar-refractivity contribution in [2.24, 2.45) is 0 Å². The van der Waals surface area contributed by atoms with Crippen molar-refractivity contribution in [3.63, 3.8) is 0 Å². The summed E-state index contributed by atoms with van der Waals surface area (Å²) in [5.74, 6) is 0.105. The molecule has 0 atom stereocenters. The number of hydrogen-bond acceptors (Lipinski definition) is 5. The Hall–Kier alpha value is -4.17. The maximum absolute atomic E-state index is 13.2. The van der Waals surface area contributed by atoms with Gasteiger partial charge in [-0.1, -0.05) is 12.5 Å². The van der Waals surface area contributed by atoms with Gasteiger partial charge in [0.05, 0.1) is 11.4 Å². The van der Waals surface area contributed by atoms with Gasteiger partial charge in [0.25, 0.3) is 11.8 Å². The molecule has 4 aromatic rings. The first kappa shape index (κ1) is 24.8. The largest absolute Gasteiger partial charge is 0.352 e. The summed E-state index contributed by atoms with van der Waals surface area (Å²) < 4.78 is 2.06. The number of imidazole rings is 1. The molecule has 204 valence electrons. The number of nitrogens with zero attached hydrogens (tertiary/aromatic N) is 4. The molecular weight excluding hydrogens is 500 g/mol. The molecule has 0 saturated carbocycles. The number of likely N-dealkylation sites (tertiary alicyclic amines) is 2. The van der Waals surface area contributed by atoms with Gasteiger partial charge in [0.1, 0.15) is 0 Å². The first-order chi connectivity index (χ1) is 19.6. The van der Waals surface area contributed by atoms with Crippen LogP contribution in [0.15, 0.2) is 67.0 Å². The second kappa shape index (κ2) is 10.4. The molecule has 3 aliphatic heterocycles. The molecular formula is C32H34N6O2. The van der Waals surface area contributed by atoms with E-state index in [9.17, 15) is 9.59 Å². The van der Waals surface area contributed by atoms with Crippen LogP contribution in [-0.2, 0) is 6.54 Å². The van der Waals surface area contributed by atoms with E-state index in [0.717, 1.165) is 70.9 Å². The predicted octanol–water partition coefficient (Wildman–Crippen LogP) is 5.08. The molecule has 0 unspecified atom stereocenters. The molecule has 7 rings (SSSR count). The van der Waals surface area contributed by atoms with E-state index >= 15 is 0 Å². The van der Waals surface area contributed by atoms with Gasteiger partial charge in [-0.2, -0.15) is 0 Å². The van der Waals surface area contributed by atoms with Crippen LogP contribution in [0.3, 0.4) is 0 Å². The topological polar surface area (TPSA) is 82.0 Å². The lowest BCUT2D eigenvalue weighted by Gasteiger charge is -2.40. The highest BCUT2D eigenvalue weighted by Crippen LogP contribution is 2.30. The van der Waals surface area contributed by atoms with Crippen molar-refractivity contribution in [2.45, 2.75) is 44.7 Å². The van der Waals surface area contributed by atoms with Gasteiger partial charge in [-0.15, -0.1) is 0 Å². The second-order valence-electron chi connectivity index (χ2n) is 11.1. The highest BCUT2D eigenvalue weighted by molar-refractivity contribution is 5.99. The second-order valence-corrected chi connectivity index (χ2v) is 11.1. The van der Waals surface area contributed by atoms with E-state index < -0.39 is 0 Å². The molecule has 0 spiro atoms. The molecule has 2 saturated heterocycles. The van der Waals surface area contributed by atoms with Crippen LogP contribution in [0.25, 0.3) is 16.9 Å². The maximum Gasteiger partial charge on any atom is 0.253 e. The monoisotopic (exact) mass is 534 g/mol. The molecule has 5 heterocycles. The Balaban J connectivity index is 1.03. The third-order valence-electron chi connectivity index (χ3n) is 8.70. The van der Waals surface area contributed by atoms with Crippen molar-refractivity contribution >= 4 is 28.8 Å². The smallest absolute Gasteiger partial charge is 0.253 e. The summed E-state index contributed by atoms with van der Waals surface area (Å²) >= 11 is 0. The van der Waals surface area contributed by atoms with Gasteiger partial charge in [0.2, 0.25) is 0 Å². The number of anilines is 2. The number of pyridine rings is 1. The third kappa shape index (κ3) is 4.62. The van der Waals surface area contributed by atoms with Crippen molar-refractivity contribution in [3.05, 3.63) is 83.7 Å². The van der Waals surface area contributed by atoms with Crippen LogP contribution < -0.4 is 10.6 Å². The van der Waals surface area contributed by atoms with E-state index in [2.05, 4.69) is 37.1 Å². The van der Waals surface area contributed by atoms with Crippen LogP contribution >= 0.6 is 0 Å². The first-order valence-corrected chi connectivity index (χ1v) is 14.4. The zero-order valence-corrected chi connectivity index (χ0v) is 22.6. The highest BCUT2D eigenvalue weighted by atomic mass is 16.2. The SMILES string of the molecule is O=C1NCc2cc(-c3ccc(Nc4ccc(C(=O)N5CCC(N6CCCCC6)CC5)cc4)c4nccn34)ccc21. The van der Waals surface area contributed by atoms with E-state index in [1.54, 1.807) is 6.20 Å². The van der Waals surface area contributed by atoms with E-state index in [4.69, 9.17) is 0 Å². The normalized spacial score (nSPS) is 18.1. The molecule has 2 aromatic carbocycles. The zero-order valence-electron chi connectivity index (χ0n) is 22.6. The maximum atomic E-state index is 13.2. The van der Waals surface area contributed by atoms with Gasteiger partial charge >= 0.3 is 0 Å². The third-order valence-corrected chi connectivity index (χ3v) is 8.70. The number of carbonyl (C=O) groups is 2. The van der Waals surface area contributed by atoms with E-state index in [0.29, 0.717) is 12.6 Å². The summed E-state index contributed by atoms with van der Waals surface area (Å²) in [6, 6.07) is 18.4. The quantitative estimate of drug-likeness (QED) is 0.373. The fourth-order valence-corrected chi connectivity index (χ4v) is 6.49. The minimum Gasteiger partial charge on any atom is -0.352 e. The number of rotatable bonds is 5. The minimum atomic E-state index is -0.0148. The molecule has 8 heteroatoms. The number of fused-ring (bicyclic) bond motifs is 2. The molecule has 2 N–H and O–H groups in total. The predicted molar refractivity (Wildman–Crippen MR) is 156 cm³/mol. The summed E-state index contributed by atoms with van der Waals surface area (Å²) in [7, 11) is 0. The van der Waals surface area contributed by atoms with Crippen LogP contribution in [-0.4, -0.2) is 63.2 Å². The van der Waals surface area contributed by atoms with Crippen LogP contribution in [0.2, 0.25) is 0 Å². The summed E-state index contributed by atoms with van der Waals surface area (Å²) in [6.07, 6.45) is 9.86. The molecule has 2 aromatic heterocycles. The molecule has 2 fully saturated rings. The number of carbonyl (C=O) groups excluding carboxylic acids is 2. The Labute approximate surface area is 234 Å². The number of nitrogens with one attached hydrogen (secondary N) is 2. The fraction of sp³-hybridized carbons (Fsp3) is 0.344. The minimum absolute atomic E-state index is 0.0148. The average Bonchev–Trinajstić information content (AvgIpc) is 3.65. The summed E-state index contributed by atoms with van der Waals surface area (Å²) in [6.45, 7) is 4.66. The molecule has 40 heavy (non-hydrogen) atoms. The van der Waals surface area contributed by atoms with Gasteiger partial charge in [0.15, 0.2) is 5.65 Å². The number of hydrogen-bond donors (Lipinski definition) is 2. The van der Waals surface area contributed by atoms with Crippen molar-refractivity contribution in [1.29, 1.82) is 0 Å². The Morgan fingerprint density at radius 1 is 0.925 bits per heavy atom. The average molecular weight is 535 g/mol. The Morgan fingerprint density at radius 2 is 1.73 bits per heavy atom. The van der Waals surface area contributed by atoms with Crippen LogP contribution in [0.5, 0.6) is 0 Å². The van der Waals surface area contributed by atoms with Gasteiger partial charge < -0.3 is 20.4 Å².